The number of hydrogen-bond donors (Lipinski definition) is 1. The Kier molecular flexibility index (Phi) is 3.76. The van der Waals surface area contributed by atoms with E-state index in [2.05, 4.69) is 24.5 Å². The topological polar surface area (TPSA) is 103 Å². The standard InChI is InChI=1S/C9H10F3N5O3S/c1-5-3-13-17(2)7(5)21(18,19)14-4-6-15-8(20-16-6)9(10,11)12/h3,14H,4H2,1-2H3. The van der Waals surface area contributed by atoms with Crippen molar-refractivity contribution >= 4 is 10.0 Å². The van der Waals surface area contributed by atoms with Crippen molar-refractivity contribution in [3.8, 4) is 0 Å². The summed E-state index contributed by atoms with van der Waals surface area (Å²) in [7, 11) is -2.53. The summed E-state index contributed by atoms with van der Waals surface area (Å²) in [5.74, 6) is -1.96. The molecule has 0 saturated carbocycles. The van der Waals surface area contributed by atoms with Crippen LogP contribution in [0.4, 0.5) is 13.2 Å². The number of rotatable bonds is 4. The summed E-state index contributed by atoms with van der Waals surface area (Å²) in [6, 6.07) is 0. The van der Waals surface area contributed by atoms with E-state index in [1.54, 1.807) is 0 Å². The average Bonchev–Trinajstić information content (AvgIpc) is 2.93. The number of aromatic nitrogens is 4. The number of nitrogens with one attached hydrogen (secondary N) is 1. The first-order valence-electron chi connectivity index (χ1n) is 5.49. The van der Waals surface area contributed by atoms with E-state index in [9.17, 15) is 21.6 Å². The molecule has 0 aliphatic carbocycles. The summed E-state index contributed by atoms with van der Waals surface area (Å²) < 4.78 is 68.0. The second-order valence-electron chi connectivity index (χ2n) is 4.09. The molecule has 21 heavy (non-hydrogen) atoms. The van der Waals surface area contributed by atoms with Crippen LogP contribution in [-0.2, 0) is 29.8 Å². The van der Waals surface area contributed by atoms with E-state index in [1.165, 1.54) is 20.2 Å². The second kappa shape index (κ2) is 5.11. The monoisotopic (exact) mass is 325 g/mol. The van der Waals surface area contributed by atoms with Gasteiger partial charge in [0.25, 0.3) is 10.0 Å². The minimum atomic E-state index is -4.78. The highest BCUT2D eigenvalue weighted by Gasteiger charge is 2.38. The Morgan fingerprint density at radius 3 is 2.57 bits per heavy atom. The molecule has 0 saturated heterocycles. The van der Waals surface area contributed by atoms with Gasteiger partial charge in [-0.3, -0.25) is 4.68 Å². The highest BCUT2D eigenvalue weighted by atomic mass is 32.2. The van der Waals surface area contributed by atoms with Crippen LogP contribution >= 0.6 is 0 Å². The fraction of sp³-hybridized carbons (Fsp3) is 0.444. The van der Waals surface area contributed by atoms with Gasteiger partial charge >= 0.3 is 12.1 Å². The fourth-order valence-corrected chi connectivity index (χ4v) is 2.92. The van der Waals surface area contributed by atoms with Gasteiger partial charge in [-0.25, -0.2) is 13.1 Å². The lowest BCUT2D eigenvalue weighted by atomic mass is 10.4. The zero-order valence-corrected chi connectivity index (χ0v) is 11.7. The molecule has 116 valence electrons. The van der Waals surface area contributed by atoms with Gasteiger partial charge in [-0.1, -0.05) is 5.16 Å². The maximum atomic E-state index is 12.3. The van der Waals surface area contributed by atoms with Crippen LogP contribution in [0.25, 0.3) is 0 Å². The normalized spacial score (nSPS) is 12.8. The van der Waals surface area contributed by atoms with Gasteiger partial charge in [-0.05, 0) is 6.92 Å². The minimum absolute atomic E-state index is 0.0953. The van der Waals surface area contributed by atoms with E-state index in [0.717, 1.165) is 4.68 Å². The van der Waals surface area contributed by atoms with Crippen molar-refractivity contribution in [3.05, 3.63) is 23.5 Å². The van der Waals surface area contributed by atoms with Crippen LogP contribution in [0.5, 0.6) is 0 Å². The molecule has 0 aliphatic rings. The van der Waals surface area contributed by atoms with Gasteiger partial charge in [-0.15, -0.1) is 0 Å². The third-order valence-electron chi connectivity index (χ3n) is 2.44. The lowest BCUT2D eigenvalue weighted by Crippen LogP contribution is -2.26. The zero-order chi connectivity index (χ0) is 15.8. The van der Waals surface area contributed by atoms with Gasteiger partial charge in [0.2, 0.25) is 0 Å². The van der Waals surface area contributed by atoms with Crippen LogP contribution in [0.2, 0.25) is 0 Å². The van der Waals surface area contributed by atoms with Gasteiger partial charge in [-0.2, -0.15) is 23.3 Å². The van der Waals surface area contributed by atoms with Crippen LogP contribution in [-0.4, -0.2) is 28.3 Å². The molecule has 0 spiro atoms. The highest BCUT2D eigenvalue weighted by molar-refractivity contribution is 7.89. The Morgan fingerprint density at radius 2 is 2.10 bits per heavy atom. The average molecular weight is 325 g/mol. The summed E-state index contributed by atoms with van der Waals surface area (Å²) in [5, 5.41) is 6.73. The van der Waals surface area contributed by atoms with Crippen molar-refractivity contribution in [2.24, 2.45) is 7.05 Å². The van der Waals surface area contributed by atoms with E-state index >= 15 is 0 Å². The Morgan fingerprint density at radius 1 is 1.43 bits per heavy atom. The van der Waals surface area contributed by atoms with Crippen LogP contribution in [0.1, 0.15) is 17.3 Å². The third kappa shape index (κ3) is 3.21. The second-order valence-corrected chi connectivity index (χ2v) is 5.78. The Hall–Kier alpha value is -1.95. The Balaban J connectivity index is 2.15. The van der Waals surface area contributed by atoms with Crippen molar-refractivity contribution in [2.75, 3.05) is 0 Å². The van der Waals surface area contributed by atoms with E-state index in [-0.39, 0.29) is 5.03 Å². The first kappa shape index (κ1) is 15.4. The molecule has 0 fully saturated rings. The molecular weight excluding hydrogens is 315 g/mol. The first-order valence-corrected chi connectivity index (χ1v) is 6.97. The summed E-state index contributed by atoms with van der Waals surface area (Å²) in [5.41, 5.74) is 0.397. The molecule has 1 N–H and O–H groups in total. The van der Waals surface area contributed by atoms with Gasteiger partial charge in [0.1, 0.15) is 0 Å². The molecule has 0 unspecified atom stereocenters. The molecule has 0 aromatic carbocycles. The molecule has 0 aliphatic heterocycles. The summed E-state index contributed by atoms with van der Waals surface area (Å²) >= 11 is 0. The van der Waals surface area contributed by atoms with Crippen LogP contribution in [0.3, 0.4) is 0 Å². The molecule has 0 bridgehead atoms. The van der Waals surface area contributed by atoms with Crippen molar-refractivity contribution in [2.45, 2.75) is 24.7 Å². The molecule has 12 heteroatoms. The molecule has 2 aromatic rings. The van der Waals surface area contributed by atoms with E-state index in [1.807, 2.05) is 0 Å². The van der Waals surface area contributed by atoms with E-state index in [0.29, 0.717) is 5.56 Å². The minimum Gasteiger partial charge on any atom is -0.329 e. The van der Waals surface area contributed by atoms with Crippen molar-refractivity contribution < 1.29 is 26.1 Å². The number of hydrogen-bond acceptors (Lipinski definition) is 6. The smallest absolute Gasteiger partial charge is 0.329 e. The van der Waals surface area contributed by atoms with Crippen LogP contribution < -0.4 is 4.72 Å². The largest absolute Gasteiger partial charge is 0.471 e. The van der Waals surface area contributed by atoms with Crippen molar-refractivity contribution in [1.82, 2.24) is 24.6 Å². The third-order valence-corrected chi connectivity index (χ3v) is 4.06. The maximum Gasteiger partial charge on any atom is 0.471 e. The lowest BCUT2D eigenvalue weighted by Gasteiger charge is -2.06. The van der Waals surface area contributed by atoms with Gasteiger partial charge in [0, 0.05) is 12.6 Å². The summed E-state index contributed by atoms with van der Waals surface area (Å²) in [4.78, 5) is 3.06. The maximum absolute atomic E-state index is 12.3. The van der Waals surface area contributed by atoms with Gasteiger partial charge < -0.3 is 4.52 Å². The Bertz CT molecular complexity index is 730. The molecule has 0 radical (unpaired) electrons. The number of aryl methyl sites for hydroxylation is 2. The molecular formula is C9H10F3N5O3S. The summed E-state index contributed by atoms with van der Waals surface area (Å²) in [6.45, 7) is 1.00. The predicted octanol–water partition coefficient (Wildman–Crippen LogP) is 0.609. The SMILES string of the molecule is Cc1cnn(C)c1S(=O)(=O)NCc1noc(C(F)(F)F)n1. The molecule has 2 heterocycles. The lowest BCUT2D eigenvalue weighted by molar-refractivity contribution is -0.159. The van der Waals surface area contributed by atoms with Crippen molar-refractivity contribution in [3.63, 3.8) is 0 Å². The first-order chi connectivity index (χ1) is 9.61. The quantitative estimate of drug-likeness (QED) is 0.883. The van der Waals surface area contributed by atoms with Crippen LogP contribution in [0, 0.1) is 6.92 Å². The predicted molar refractivity (Wildman–Crippen MR) is 61.3 cm³/mol. The number of alkyl halides is 3. The van der Waals surface area contributed by atoms with Gasteiger partial charge in [0.15, 0.2) is 10.9 Å². The van der Waals surface area contributed by atoms with Crippen molar-refractivity contribution in [1.29, 1.82) is 0 Å². The van der Waals surface area contributed by atoms with E-state index in [4.69, 9.17) is 0 Å². The molecule has 2 rings (SSSR count). The van der Waals surface area contributed by atoms with Gasteiger partial charge in [0.05, 0.1) is 12.7 Å². The number of nitrogens with zero attached hydrogens (tertiary/aromatic N) is 4. The van der Waals surface area contributed by atoms with Crippen LogP contribution in [0.15, 0.2) is 15.7 Å². The number of sulfonamides is 1. The Labute approximate surface area is 117 Å². The molecule has 0 atom stereocenters. The number of halogens is 3. The molecule has 0 amide bonds. The molecule has 8 nitrogen and oxygen atoms in total. The zero-order valence-electron chi connectivity index (χ0n) is 10.8. The fourth-order valence-electron chi connectivity index (χ4n) is 1.59. The highest BCUT2D eigenvalue weighted by Crippen LogP contribution is 2.27. The summed E-state index contributed by atoms with van der Waals surface area (Å²) in [6.07, 6.45) is -3.42. The van der Waals surface area contributed by atoms with E-state index < -0.39 is 34.5 Å². The molecule has 2 aromatic heterocycles.